The number of hydrogen-bond donors (Lipinski definition) is 1. The van der Waals surface area contributed by atoms with Crippen molar-refractivity contribution in [3.05, 3.63) is 41.9 Å². The van der Waals surface area contributed by atoms with Crippen molar-refractivity contribution in [2.75, 3.05) is 39.3 Å². The van der Waals surface area contributed by atoms with Crippen LogP contribution in [0.1, 0.15) is 41.8 Å². The number of halogens is 1. The zero-order chi connectivity index (χ0) is 20.1. The van der Waals surface area contributed by atoms with E-state index in [2.05, 4.69) is 27.9 Å². The second kappa shape index (κ2) is 10.8. The smallest absolute Gasteiger partial charge is 0.289 e. The van der Waals surface area contributed by atoms with E-state index in [1.807, 2.05) is 4.90 Å². The minimum absolute atomic E-state index is 0. The summed E-state index contributed by atoms with van der Waals surface area (Å²) in [6.07, 6.45) is 8.16. The number of nitrogens with one attached hydrogen (secondary N) is 1. The van der Waals surface area contributed by atoms with Crippen molar-refractivity contribution in [2.45, 2.75) is 39.2 Å². The van der Waals surface area contributed by atoms with Gasteiger partial charge in [-0.15, -0.1) is 24.0 Å². The van der Waals surface area contributed by atoms with Gasteiger partial charge in [0.2, 0.25) is 0 Å². The number of guanidine groups is 1. The third-order valence-corrected chi connectivity index (χ3v) is 5.52. The Balaban J connectivity index is 0.00000256. The van der Waals surface area contributed by atoms with Gasteiger partial charge >= 0.3 is 0 Å². The molecular formula is C21H31IN6O2. The highest BCUT2D eigenvalue weighted by Gasteiger charge is 2.25. The van der Waals surface area contributed by atoms with Crippen molar-refractivity contribution in [3.8, 4) is 0 Å². The highest BCUT2D eigenvalue weighted by molar-refractivity contribution is 14.0. The summed E-state index contributed by atoms with van der Waals surface area (Å²) in [6, 6.07) is 3.46. The van der Waals surface area contributed by atoms with Gasteiger partial charge in [0.05, 0.1) is 12.0 Å². The Morgan fingerprint density at radius 3 is 2.70 bits per heavy atom. The van der Waals surface area contributed by atoms with Crippen LogP contribution in [-0.2, 0) is 19.4 Å². The van der Waals surface area contributed by atoms with Gasteiger partial charge in [0.15, 0.2) is 11.7 Å². The number of carbonyl (C=O) groups excluding carboxylic acids is 1. The molecule has 0 bridgehead atoms. The summed E-state index contributed by atoms with van der Waals surface area (Å²) in [5.74, 6) is 2.50. The molecule has 1 amide bonds. The van der Waals surface area contributed by atoms with Crippen molar-refractivity contribution < 1.29 is 9.21 Å². The molecule has 2 aromatic rings. The van der Waals surface area contributed by atoms with Gasteiger partial charge in [-0.1, -0.05) is 0 Å². The lowest BCUT2D eigenvalue weighted by molar-refractivity contribution is 0.0657. The summed E-state index contributed by atoms with van der Waals surface area (Å²) in [5, 5.41) is 3.39. The highest BCUT2D eigenvalue weighted by Crippen LogP contribution is 2.15. The molecule has 30 heavy (non-hydrogen) atoms. The molecule has 2 aliphatic heterocycles. The number of hydrogen-bond acceptors (Lipinski definition) is 4. The van der Waals surface area contributed by atoms with Crippen molar-refractivity contribution in [2.24, 2.45) is 4.99 Å². The first-order valence-electron chi connectivity index (χ1n) is 10.7. The van der Waals surface area contributed by atoms with E-state index in [1.165, 1.54) is 24.9 Å². The molecule has 1 fully saturated rings. The Labute approximate surface area is 194 Å². The topological polar surface area (TPSA) is 78.9 Å². The molecule has 4 rings (SSSR count). The number of furan rings is 1. The normalized spacial score (nSPS) is 16.8. The zero-order valence-electron chi connectivity index (χ0n) is 17.5. The summed E-state index contributed by atoms with van der Waals surface area (Å²) in [7, 11) is 0. The minimum Gasteiger partial charge on any atom is -0.459 e. The Hall–Kier alpha value is -2.04. The van der Waals surface area contributed by atoms with Crippen LogP contribution in [0.2, 0.25) is 0 Å². The van der Waals surface area contributed by atoms with Crippen molar-refractivity contribution in [1.29, 1.82) is 0 Å². The average molecular weight is 526 g/mol. The lowest BCUT2D eigenvalue weighted by Crippen LogP contribution is -2.53. The molecule has 1 N–H and O–H groups in total. The summed E-state index contributed by atoms with van der Waals surface area (Å²) in [6.45, 7) is 7.56. The van der Waals surface area contributed by atoms with Gasteiger partial charge in [-0.05, 0) is 31.9 Å². The summed E-state index contributed by atoms with van der Waals surface area (Å²) in [4.78, 5) is 26.1. The molecule has 4 heterocycles. The molecule has 0 unspecified atom stereocenters. The standard InChI is InChI=1S/C21H30N6O2.HI/c1-2-22-21(23-9-8-17-16-27-10-4-3-7-19(27)24-17)26-13-11-25(12-14-26)20(28)18-6-5-15-29-18;/h5-6,15-16H,2-4,7-14H2,1H3,(H,22,23);1H. The molecule has 0 aliphatic carbocycles. The van der Waals surface area contributed by atoms with Gasteiger partial charge in [-0.25, -0.2) is 4.98 Å². The van der Waals surface area contributed by atoms with Crippen LogP contribution < -0.4 is 5.32 Å². The fraction of sp³-hybridized carbons (Fsp3) is 0.571. The lowest BCUT2D eigenvalue weighted by Gasteiger charge is -2.36. The fourth-order valence-corrected chi connectivity index (χ4v) is 3.97. The van der Waals surface area contributed by atoms with Gasteiger partial charge in [-0.3, -0.25) is 9.79 Å². The van der Waals surface area contributed by atoms with Crippen LogP contribution in [0.15, 0.2) is 34.0 Å². The summed E-state index contributed by atoms with van der Waals surface area (Å²) < 4.78 is 7.53. The molecular weight excluding hydrogens is 495 g/mol. The number of aromatic nitrogens is 2. The molecule has 9 heteroatoms. The van der Waals surface area contributed by atoms with Gasteiger partial charge < -0.3 is 24.1 Å². The van der Waals surface area contributed by atoms with Gasteiger partial charge in [-0.2, -0.15) is 0 Å². The number of fused-ring (bicyclic) bond motifs is 1. The first-order chi connectivity index (χ1) is 14.2. The van der Waals surface area contributed by atoms with Gasteiger partial charge in [0.25, 0.3) is 5.91 Å². The largest absolute Gasteiger partial charge is 0.459 e. The summed E-state index contributed by atoms with van der Waals surface area (Å²) >= 11 is 0. The Morgan fingerprint density at radius 2 is 2.00 bits per heavy atom. The zero-order valence-corrected chi connectivity index (χ0v) is 19.9. The van der Waals surface area contributed by atoms with Crippen LogP contribution in [0.4, 0.5) is 0 Å². The van der Waals surface area contributed by atoms with Crippen molar-refractivity contribution >= 4 is 35.8 Å². The van der Waals surface area contributed by atoms with E-state index < -0.39 is 0 Å². The van der Waals surface area contributed by atoms with Crippen molar-refractivity contribution in [1.82, 2.24) is 24.7 Å². The van der Waals surface area contributed by atoms with Crippen LogP contribution in [0.3, 0.4) is 0 Å². The van der Waals surface area contributed by atoms with Crippen LogP contribution in [0, 0.1) is 0 Å². The Bertz CT molecular complexity index is 816. The second-order valence-electron chi connectivity index (χ2n) is 7.54. The molecule has 8 nitrogen and oxygen atoms in total. The third-order valence-electron chi connectivity index (χ3n) is 5.52. The third kappa shape index (κ3) is 5.35. The van der Waals surface area contributed by atoms with Gasteiger partial charge in [0.1, 0.15) is 5.82 Å². The average Bonchev–Trinajstić information content (AvgIpc) is 3.42. The summed E-state index contributed by atoms with van der Waals surface area (Å²) in [5.41, 5.74) is 1.13. The number of rotatable bonds is 5. The maximum absolute atomic E-state index is 12.4. The molecule has 0 spiro atoms. The molecule has 0 atom stereocenters. The fourth-order valence-electron chi connectivity index (χ4n) is 3.97. The Kier molecular flexibility index (Phi) is 8.17. The van der Waals surface area contributed by atoms with E-state index in [0.29, 0.717) is 25.4 Å². The number of nitrogens with zero attached hydrogens (tertiary/aromatic N) is 5. The first-order valence-corrected chi connectivity index (χ1v) is 10.7. The molecule has 0 radical (unpaired) electrons. The van der Waals surface area contributed by atoms with E-state index in [-0.39, 0.29) is 29.9 Å². The molecule has 0 saturated carbocycles. The van der Waals surface area contributed by atoms with Gasteiger partial charge in [0, 0.05) is 64.9 Å². The molecule has 0 aromatic carbocycles. The number of imidazole rings is 1. The molecule has 2 aliphatic rings. The highest BCUT2D eigenvalue weighted by atomic mass is 127. The van der Waals surface area contributed by atoms with E-state index in [1.54, 1.807) is 12.1 Å². The predicted octanol–water partition coefficient (Wildman–Crippen LogP) is 2.40. The SMILES string of the molecule is CCNC(=NCCc1cn2c(n1)CCCC2)N1CCN(C(=O)c2ccco2)CC1.I. The minimum atomic E-state index is -0.0414. The number of aliphatic imine (C=N–C) groups is 1. The second-order valence-corrected chi connectivity index (χ2v) is 7.54. The van der Waals surface area contributed by atoms with E-state index >= 15 is 0 Å². The van der Waals surface area contributed by atoms with Crippen LogP contribution >= 0.6 is 24.0 Å². The lowest BCUT2D eigenvalue weighted by atomic mass is 10.2. The monoisotopic (exact) mass is 526 g/mol. The van der Waals surface area contributed by atoms with Crippen LogP contribution in [0.5, 0.6) is 0 Å². The first kappa shape index (κ1) is 22.6. The maximum Gasteiger partial charge on any atom is 0.289 e. The molecule has 2 aromatic heterocycles. The molecule has 1 saturated heterocycles. The quantitative estimate of drug-likeness (QED) is 0.368. The van der Waals surface area contributed by atoms with E-state index in [4.69, 9.17) is 14.4 Å². The predicted molar refractivity (Wildman–Crippen MR) is 126 cm³/mol. The van der Waals surface area contributed by atoms with E-state index in [0.717, 1.165) is 50.7 Å². The number of amides is 1. The van der Waals surface area contributed by atoms with E-state index in [9.17, 15) is 4.79 Å². The molecule has 164 valence electrons. The number of aryl methyl sites for hydroxylation is 2. The number of carbonyl (C=O) groups is 1. The number of piperazine rings is 1. The maximum atomic E-state index is 12.4. The van der Waals surface area contributed by atoms with Crippen LogP contribution in [0.25, 0.3) is 0 Å². The Morgan fingerprint density at radius 1 is 1.20 bits per heavy atom. The van der Waals surface area contributed by atoms with Crippen LogP contribution in [-0.4, -0.2) is 70.5 Å². The van der Waals surface area contributed by atoms with Crippen molar-refractivity contribution in [3.63, 3.8) is 0 Å².